The third-order valence-corrected chi connectivity index (χ3v) is 6.39. The lowest BCUT2D eigenvalue weighted by molar-refractivity contribution is 0.0951. The average molecular weight is 475 g/mol. The molecule has 0 aliphatic heterocycles. The predicted molar refractivity (Wildman–Crippen MR) is 123 cm³/mol. The number of halogens is 1. The van der Waals surface area contributed by atoms with E-state index in [1.54, 1.807) is 42.5 Å². The number of ether oxygens (including phenoxy) is 1. The summed E-state index contributed by atoms with van der Waals surface area (Å²) >= 11 is 5.96. The lowest BCUT2D eigenvalue weighted by atomic mass is 10.1. The van der Waals surface area contributed by atoms with Gasteiger partial charge in [0.1, 0.15) is 11.5 Å². The molecule has 0 unspecified atom stereocenters. The van der Waals surface area contributed by atoms with Crippen LogP contribution in [0.25, 0.3) is 0 Å². The van der Waals surface area contributed by atoms with Crippen molar-refractivity contribution in [1.82, 2.24) is 10.0 Å². The molecule has 0 heterocycles. The number of phenols is 1. The molecule has 7 nitrogen and oxygen atoms in total. The number of methoxy groups -OCH3 is 1. The fraction of sp³-hybridized carbons (Fsp3) is 0.174. The van der Waals surface area contributed by atoms with Gasteiger partial charge in [0.25, 0.3) is 5.91 Å². The van der Waals surface area contributed by atoms with Gasteiger partial charge in [-0.2, -0.15) is 0 Å². The highest BCUT2D eigenvalue weighted by Gasteiger charge is 2.14. The minimum absolute atomic E-state index is 0.114. The predicted octanol–water partition coefficient (Wildman–Crippen LogP) is 3.51. The normalized spacial score (nSPS) is 11.2. The third kappa shape index (κ3) is 6.23. The van der Waals surface area contributed by atoms with Crippen molar-refractivity contribution in [2.45, 2.75) is 17.9 Å². The zero-order valence-electron chi connectivity index (χ0n) is 17.3. The molecular formula is C23H23ClN2O5S. The van der Waals surface area contributed by atoms with Crippen molar-refractivity contribution in [3.8, 4) is 11.5 Å². The average Bonchev–Trinajstić information content (AvgIpc) is 2.79. The van der Waals surface area contributed by atoms with Gasteiger partial charge in [-0.3, -0.25) is 4.79 Å². The van der Waals surface area contributed by atoms with Crippen LogP contribution >= 0.6 is 11.6 Å². The molecule has 0 spiro atoms. The first-order valence-corrected chi connectivity index (χ1v) is 11.6. The monoisotopic (exact) mass is 474 g/mol. The van der Waals surface area contributed by atoms with E-state index in [4.69, 9.17) is 16.3 Å². The summed E-state index contributed by atoms with van der Waals surface area (Å²) in [4.78, 5) is 12.6. The second kappa shape index (κ2) is 10.5. The second-order valence-electron chi connectivity index (χ2n) is 6.99. The largest absolute Gasteiger partial charge is 0.508 e. The minimum atomic E-state index is -3.68. The number of carbonyl (C=O) groups is 1. The zero-order valence-corrected chi connectivity index (χ0v) is 18.9. The summed E-state index contributed by atoms with van der Waals surface area (Å²) < 4.78 is 32.7. The maximum atomic E-state index is 12.5. The Kier molecular flexibility index (Phi) is 7.74. The topological polar surface area (TPSA) is 105 Å². The molecule has 0 atom stereocenters. The number of benzene rings is 3. The second-order valence-corrected chi connectivity index (χ2v) is 9.19. The number of nitrogens with one attached hydrogen (secondary N) is 2. The van der Waals surface area contributed by atoms with Crippen LogP contribution in [0.2, 0.25) is 5.02 Å². The first-order chi connectivity index (χ1) is 15.3. The Hall–Kier alpha value is -3.07. The maximum Gasteiger partial charge on any atom is 0.255 e. The van der Waals surface area contributed by atoms with Crippen LogP contribution < -0.4 is 14.8 Å². The van der Waals surface area contributed by atoms with Crippen molar-refractivity contribution < 1.29 is 23.1 Å². The first kappa shape index (κ1) is 23.6. The summed E-state index contributed by atoms with van der Waals surface area (Å²) in [6, 6.07) is 17.6. The Morgan fingerprint density at radius 1 is 1.00 bits per heavy atom. The van der Waals surface area contributed by atoms with E-state index in [2.05, 4.69) is 10.0 Å². The lowest BCUT2D eigenvalue weighted by Gasteiger charge is -2.10. The molecular weight excluding hydrogens is 452 g/mol. The molecule has 0 bridgehead atoms. The standard InChI is InChI=1S/C23H23ClN2O5S/c1-31-22-11-6-18(24)14-21(22)23(28)25-13-12-16-4-9-20(10-5-16)32(29,30)26-15-17-2-7-19(27)8-3-17/h2-11,14,26-27H,12-13,15H2,1H3,(H,25,28). The number of amides is 1. The van der Waals surface area contributed by atoms with Gasteiger partial charge in [0.05, 0.1) is 17.6 Å². The highest BCUT2D eigenvalue weighted by molar-refractivity contribution is 7.89. The van der Waals surface area contributed by atoms with E-state index in [9.17, 15) is 18.3 Å². The molecule has 3 rings (SSSR count). The molecule has 0 saturated carbocycles. The molecule has 32 heavy (non-hydrogen) atoms. The highest BCUT2D eigenvalue weighted by atomic mass is 35.5. The van der Waals surface area contributed by atoms with Crippen LogP contribution in [0, 0.1) is 0 Å². The first-order valence-electron chi connectivity index (χ1n) is 9.77. The van der Waals surface area contributed by atoms with Crippen molar-refractivity contribution >= 4 is 27.5 Å². The number of carbonyl (C=O) groups excluding carboxylic acids is 1. The molecule has 0 radical (unpaired) electrons. The Bertz CT molecular complexity index is 1180. The Morgan fingerprint density at radius 2 is 1.66 bits per heavy atom. The van der Waals surface area contributed by atoms with Crippen molar-refractivity contribution in [2.24, 2.45) is 0 Å². The van der Waals surface area contributed by atoms with Gasteiger partial charge in [0, 0.05) is 18.1 Å². The zero-order chi connectivity index (χ0) is 23.1. The molecule has 3 N–H and O–H groups in total. The van der Waals surface area contributed by atoms with E-state index < -0.39 is 10.0 Å². The quantitative estimate of drug-likeness (QED) is 0.440. The van der Waals surface area contributed by atoms with E-state index in [0.717, 1.165) is 11.1 Å². The number of aromatic hydroxyl groups is 1. The maximum absolute atomic E-state index is 12.5. The number of hydrogen-bond donors (Lipinski definition) is 3. The summed E-state index contributed by atoms with van der Waals surface area (Å²) in [5.74, 6) is 0.248. The Morgan fingerprint density at radius 3 is 2.31 bits per heavy atom. The fourth-order valence-corrected chi connectivity index (χ4v) is 4.17. The molecule has 168 valence electrons. The van der Waals surface area contributed by atoms with Gasteiger partial charge >= 0.3 is 0 Å². The molecule has 0 aliphatic rings. The summed E-state index contributed by atoms with van der Waals surface area (Å²) in [5, 5.41) is 12.5. The summed E-state index contributed by atoms with van der Waals surface area (Å²) in [6.45, 7) is 0.475. The fourth-order valence-electron chi connectivity index (χ4n) is 2.98. The van der Waals surface area contributed by atoms with Crippen molar-refractivity contribution in [2.75, 3.05) is 13.7 Å². The van der Waals surface area contributed by atoms with Crippen molar-refractivity contribution in [3.05, 3.63) is 88.4 Å². The van der Waals surface area contributed by atoms with Gasteiger partial charge in [-0.05, 0) is 60.0 Å². The van der Waals surface area contributed by atoms with E-state index >= 15 is 0 Å². The molecule has 3 aromatic rings. The summed E-state index contributed by atoms with van der Waals surface area (Å²) in [5.41, 5.74) is 1.96. The van der Waals surface area contributed by atoms with Crippen LogP contribution in [0.3, 0.4) is 0 Å². The third-order valence-electron chi connectivity index (χ3n) is 4.74. The van der Waals surface area contributed by atoms with Crippen molar-refractivity contribution in [3.63, 3.8) is 0 Å². The molecule has 9 heteroatoms. The smallest absolute Gasteiger partial charge is 0.255 e. The van der Waals surface area contributed by atoms with E-state index in [-0.39, 0.29) is 23.1 Å². The van der Waals surface area contributed by atoms with Crippen LogP contribution in [0.1, 0.15) is 21.5 Å². The van der Waals surface area contributed by atoms with Gasteiger partial charge in [0.15, 0.2) is 0 Å². The van der Waals surface area contributed by atoms with Gasteiger partial charge in [-0.1, -0.05) is 35.9 Å². The SMILES string of the molecule is COc1ccc(Cl)cc1C(=O)NCCc1ccc(S(=O)(=O)NCc2ccc(O)cc2)cc1. The highest BCUT2D eigenvalue weighted by Crippen LogP contribution is 2.22. The number of rotatable bonds is 9. The van der Waals surface area contributed by atoms with Gasteiger partial charge in [0.2, 0.25) is 10.0 Å². The van der Waals surface area contributed by atoms with Crippen LogP contribution in [0.15, 0.2) is 71.6 Å². The van der Waals surface area contributed by atoms with Gasteiger partial charge in [-0.25, -0.2) is 13.1 Å². The molecule has 0 aromatic heterocycles. The minimum Gasteiger partial charge on any atom is -0.508 e. The summed E-state index contributed by atoms with van der Waals surface area (Å²) in [7, 11) is -2.19. The number of hydrogen-bond acceptors (Lipinski definition) is 5. The van der Waals surface area contributed by atoms with E-state index in [1.165, 1.54) is 31.4 Å². The van der Waals surface area contributed by atoms with E-state index in [0.29, 0.717) is 29.3 Å². The van der Waals surface area contributed by atoms with Crippen LogP contribution in [0.5, 0.6) is 11.5 Å². The molecule has 0 saturated heterocycles. The van der Waals surface area contributed by atoms with Crippen LogP contribution in [-0.2, 0) is 23.0 Å². The van der Waals surface area contributed by atoms with E-state index in [1.807, 2.05) is 0 Å². The molecule has 0 fully saturated rings. The van der Waals surface area contributed by atoms with Crippen molar-refractivity contribution in [1.29, 1.82) is 0 Å². The Balaban J connectivity index is 1.54. The number of sulfonamides is 1. The van der Waals surface area contributed by atoms with Gasteiger partial charge in [-0.15, -0.1) is 0 Å². The molecule has 3 aromatic carbocycles. The summed E-state index contributed by atoms with van der Waals surface area (Å²) in [6.07, 6.45) is 0.524. The van der Waals surface area contributed by atoms with Gasteiger partial charge < -0.3 is 15.2 Å². The molecule has 1 amide bonds. The Labute approximate surface area is 192 Å². The van der Waals surface area contributed by atoms with Crippen LogP contribution in [0.4, 0.5) is 0 Å². The molecule has 0 aliphatic carbocycles. The van der Waals surface area contributed by atoms with Crippen LogP contribution in [-0.4, -0.2) is 33.1 Å². The lowest BCUT2D eigenvalue weighted by Crippen LogP contribution is -2.26. The number of phenolic OH excluding ortho intramolecular Hbond substituents is 1.